The Kier molecular flexibility index (Phi) is 7.88. The molecular formula is C16H22O3S. The molecule has 0 saturated heterocycles. The third-order valence-corrected chi connectivity index (χ3v) is 4.07. The lowest BCUT2D eigenvalue weighted by atomic mass is 10.1. The van der Waals surface area contributed by atoms with Crippen LogP contribution in [0.3, 0.4) is 0 Å². The van der Waals surface area contributed by atoms with Crippen LogP contribution in [0.5, 0.6) is 0 Å². The first kappa shape index (κ1) is 16.6. The van der Waals surface area contributed by atoms with Crippen LogP contribution < -0.4 is 0 Å². The summed E-state index contributed by atoms with van der Waals surface area (Å²) in [6.45, 7) is 2.12. The summed E-state index contributed by atoms with van der Waals surface area (Å²) in [7, 11) is 0. The Hall–Kier alpha value is -1.42. The molecule has 110 valence electrons. The van der Waals surface area contributed by atoms with E-state index >= 15 is 0 Å². The van der Waals surface area contributed by atoms with Crippen LogP contribution in [0.4, 0.5) is 0 Å². The first-order valence-electron chi connectivity index (χ1n) is 7.13. The second-order valence-corrected chi connectivity index (χ2v) is 6.01. The van der Waals surface area contributed by atoms with E-state index in [1.54, 1.807) is 17.4 Å². The number of carboxylic acid groups (broad SMARTS) is 1. The van der Waals surface area contributed by atoms with Gasteiger partial charge in [-0.2, -0.15) is 0 Å². The minimum absolute atomic E-state index is 0.180. The van der Waals surface area contributed by atoms with Gasteiger partial charge in [-0.3, -0.25) is 9.59 Å². The van der Waals surface area contributed by atoms with Gasteiger partial charge in [-0.05, 0) is 43.5 Å². The fourth-order valence-corrected chi connectivity index (χ4v) is 2.80. The number of allylic oxidation sites excluding steroid dienone is 1. The van der Waals surface area contributed by atoms with Crippen LogP contribution in [-0.4, -0.2) is 16.9 Å². The SMILES string of the molecule is CCCCCC(=O)C=Cc1ccc(CCCC(=O)O)s1. The predicted molar refractivity (Wildman–Crippen MR) is 83.1 cm³/mol. The van der Waals surface area contributed by atoms with E-state index in [-0.39, 0.29) is 12.2 Å². The van der Waals surface area contributed by atoms with Crippen molar-refractivity contribution in [3.8, 4) is 0 Å². The number of hydrogen-bond donors (Lipinski definition) is 1. The van der Waals surface area contributed by atoms with Crippen molar-refractivity contribution in [1.82, 2.24) is 0 Å². The Morgan fingerprint density at radius 1 is 1.20 bits per heavy atom. The van der Waals surface area contributed by atoms with Gasteiger partial charge in [-0.25, -0.2) is 0 Å². The number of hydrogen-bond acceptors (Lipinski definition) is 3. The zero-order chi connectivity index (χ0) is 14.8. The van der Waals surface area contributed by atoms with Gasteiger partial charge in [-0.1, -0.05) is 19.8 Å². The predicted octanol–water partition coefficient (Wildman–Crippen LogP) is 4.32. The minimum Gasteiger partial charge on any atom is -0.481 e. The standard InChI is InChI=1S/C16H22O3S/c1-2-3-4-6-13(17)9-10-15-12-11-14(20-15)7-5-8-16(18)19/h9-12H,2-8H2,1H3,(H,18,19). The molecule has 0 aromatic carbocycles. The van der Waals surface area contributed by atoms with Crippen molar-refractivity contribution in [2.24, 2.45) is 0 Å². The van der Waals surface area contributed by atoms with Gasteiger partial charge in [0.25, 0.3) is 0 Å². The lowest BCUT2D eigenvalue weighted by Gasteiger charge is -1.94. The molecule has 4 heteroatoms. The zero-order valence-electron chi connectivity index (χ0n) is 11.9. The van der Waals surface area contributed by atoms with Gasteiger partial charge >= 0.3 is 5.97 Å². The van der Waals surface area contributed by atoms with E-state index < -0.39 is 5.97 Å². The third-order valence-electron chi connectivity index (χ3n) is 2.96. The van der Waals surface area contributed by atoms with Crippen LogP contribution in [0.2, 0.25) is 0 Å². The molecule has 1 heterocycles. The second kappa shape index (κ2) is 9.48. The molecule has 0 bridgehead atoms. The summed E-state index contributed by atoms with van der Waals surface area (Å²) in [5, 5.41) is 8.59. The number of rotatable bonds is 10. The molecule has 0 saturated carbocycles. The summed E-state index contributed by atoms with van der Waals surface area (Å²) in [4.78, 5) is 24.3. The lowest BCUT2D eigenvalue weighted by Crippen LogP contribution is -1.94. The van der Waals surface area contributed by atoms with Crippen molar-refractivity contribution >= 4 is 29.2 Å². The topological polar surface area (TPSA) is 54.4 Å². The number of carbonyl (C=O) groups is 2. The second-order valence-electron chi connectivity index (χ2n) is 4.81. The highest BCUT2D eigenvalue weighted by Gasteiger charge is 2.02. The molecule has 1 N–H and O–H groups in total. The first-order valence-corrected chi connectivity index (χ1v) is 7.95. The molecule has 0 unspecified atom stereocenters. The van der Waals surface area contributed by atoms with E-state index in [0.717, 1.165) is 30.6 Å². The van der Waals surface area contributed by atoms with Gasteiger partial charge < -0.3 is 5.11 Å². The molecule has 1 aromatic heterocycles. The van der Waals surface area contributed by atoms with Gasteiger partial charge in [0, 0.05) is 22.6 Å². The molecule has 0 spiro atoms. The first-order chi connectivity index (χ1) is 9.61. The highest BCUT2D eigenvalue weighted by Crippen LogP contribution is 2.20. The van der Waals surface area contributed by atoms with E-state index in [9.17, 15) is 9.59 Å². The number of carbonyl (C=O) groups excluding carboxylic acids is 1. The molecule has 0 aliphatic carbocycles. The summed E-state index contributed by atoms with van der Waals surface area (Å²) >= 11 is 1.62. The molecule has 1 aromatic rings. The molecular weight excluding hydrogens is 272 g/mol. The van der Waals surface area contributed by atoms with Gasteiger partial charge in [-0.15, -0.1) is 11.3 Å². The summed E-state index contributed by atoms with van der Waals surface area (Å²) in [6, 6.07) is 3.99. The minimum atomic E-state index is -0.751. The molecule has 1 rings (SSSR count). The van der Waals surface area contributed by atoms with Crippen molar-refractivity contribution in [1.29, 1.82) is 0 Å². The van der Waals surface area contributed by atoms with E-state index in [0.29, 0.717) is 12.8 Å². The lowest BCUT2D eigenvalue weighted by molar-refractivity contribution is -0.137. The summed E-state index contributed by atoms with van der Waals surface area (Å²) in [5.41, 5.74) is 0. The summed E-state index contributed by atoms with van der Waals surface area (Å²) < 4.78 is 0. The van der Waals surface area contributed by atoms with Gasteiger partial charge in [0.05, 0.1) is 0 Å². The quantitative estimate of drug-likeness (QED) is 0.516. The molecule has 3 nitrogen and oxygen atoms in total. The molecule has 0 aliphatic rings. The van der Waals surface area contributed by atoms with Gasteiger partial charge in [0.2, 0.25) is 0 Å². The zero-order valence-corrected chi connectivity index (χ0v) is 12.7. The maximum absolute atomic E-state index is 11.6. The van der Waals surface area contributed by atoms with Crippen molar-refractivity contribution in [3.05, 3.63) is 28.0 Å². The van der Waals surface area contributed by atoms with Gasteiger partial charge in [0.1, 0.15) is 0 Å². The van der Waals surface area contributed by atoms with E-state index in [1.165, 1.54) is 4.88 Å². The van der Waals surface area contributed by atoms with E-state index in [1.807, 2.05) is 18.2 Å². The maximum Gasteiger partial charge on any atom is 0.303 e. The fraction of sp³-hybridized carbons (Fsp3) is 0.500. The number of unbranched alkanes of at least 4 members (excludes halogenated alkanes) is 2. The van der Waals surface area contributed by atoms with Crippen molar-refractivity contribution in [2.45, 2.75) is 51.9 Å². The smallest absolute Gasteiger partial charge is 0.303 e. The fourth-order valence-electron chi connectivity index (χ4n) is 1.84. The van der Waals surface area contributed by atoms with E-state index in [4.69, 9.17) is 5.11 Å². The molecule has 0 aliphatic heterocycles. The average molecular weight is 294 g/mol. The number of thiophene rings is 1. The molecule has 0 atom stereocenters. The highest BCUT2D eigenvalue weighted by atomic mass is 32.1. The third kappa shape index (κ3) is 7.24. The van der Waals surface area contributed by atoms with Crippen molar-refractivity contribution in [2.75, 3.05) is 0 Å². The van der Waals surface area contributed by atoms with Crippen LogP contribution in [-0.2, 0) is 16.0 Å². The maximum atomic E-state index is 11.6. The van der Waals surface area contributed by atoms with Crippen LogP contribution in [0.25, 0.3) is 6.08 Å². The molecule has 0 amide bonds. The van der Waals surface area contributed by atoms with Crippen molar-refractivity contribution in [3.63, 3.8) is 0 Å². The highest BCUT2D eigenvalue weighted by molar-refractivity contribution is 7.12. The Labute approximate surface area is 124 Å². The van der Waals surface area contributed by atoms with Crippen LogP contribution in [0.15, 0.2) is 18.2 Å². The monoisotopic (exact) mass is 294 g/mol. The average Bonchev–Trinajstić information content (AvgIpc) is 2.84. The Bertz CT molecular complexity index is 460. The van der Waals surface area contributed by atoms with E-state index in [2.05, 4.69) is 6.92 Å². The Balaban J connectivity index is 2.35. The number of ketones is 1. The van der Waals surface area contributed by atoms with Crippen LogP contribution in [0, 0.1) is 0 Å². The molecule has 0 radical (unpaired) electrons. The normalized spacial score (nSPS) is 11.1. The number of aryl methyl sites for hydroxylation is 1. The molecule has 20 heavy (non-hydrogen) atoms. The Morgan fingerprint density at radius 2 is 2.00 bits per heavy atom. The Morgan fingerprint density at radius 3 is 2.70 bits per heavy atom. The molecule has 0 fully saturated rings. The van der Waals surface area contributed by atoms with Crippen LogP contribution >= 0.6 is 11.3 Å². The number of aliphatic carboxylic acids is 1. The summed E-state index contributed by atoms with van der Waals surface area (Å²) in [6.07, 6.45) is 8.99. The number of carboxylic acids is 1. The van der Waals surface area contributed by atoms with Crippen molar-refractivity contribution < 1.29 is 14.7 Å². The van der Waals surface area contributed by atoms with Gasteiger partial charge in [0.15, 0.2) is 5.78 Å². The largest absolute Gasteiger partial charge is 0.481 e. The van der Waals surface area contributed by atoms with Crippen LogP contribution in [0.1, 0.15) is 55.2 Å². The summed E-state index contributed by atoms with van der Waals surface area (Å²) in [5.74, 6) is -0.571.